The molecule has 0 saturated carbocycles. The van der Waals surface area contributed by atoms with Gasteiger partial charge >= 0.3 is 0 Å². The van der Waals surface area contributed by atoms with Crippen LogP contribution < -0.4 is 5.73 Å². The Labute approximate surface area is 102 Å². The second kappa shape index (κ2) is 6.33. The molecule has 3 heteroatoms. The monoisotopic (exact) mass is 236 g/mol. The molecular weight excluding hydrogens is 220 g/mol. The summed E-state index contributed by atoms with van der Waals surface area (Å²) in [6.45, 7) is 2.15. The molecule has 0 heterocycles. The van der Waals surface area contributed by atoms with Crippen molar-refractivity contribution in [2.45, 2.75) is 19.8 Å². The Morgan fingerprint density at radius 1 is 1.50 bits per heavy atom. The minimum Gasteiger partial charge on any atom is -0.405 e. The molecule has 0 atom stereocenters. The van der Waals surface area contributed by atoms with Gasteiger partial charge in [-0.15, -0.1) is 0 Å². The van der Waals surface area contributed by atoms with Crippen molar-refractivity contribution < 1.29 is 0 Å². The molecule has 1 aromatic carbocycles. The second-order valence-electron chi connectivity index (χ2n) is 3.53. The molecule has 0 spiro atoms. The van der Waals surface area contributed by atoms with Crippen molar-refractivity contribution in [3.05, 3.63) is 46.6 Å². The van der Waals surface area contributed by atoms with Crippen LogP contribution in [0.3, 0.4) is 0 Å². The quantitative estimate of drug-likeness (QED) is 0.802. The van der Waals surface area contributed by atoms with Crippen molar-refractivity contribution in [2.24, 2.45) is 10.7 Å². The average Bonchev–Trinajstić information content (AvgIpc) is 2.27. The maximum atomic E-state index is 6.22. The fraction of sp³-hybridized carbons (Fsp3) is 0.308. The predicted molar refractivity (Wildman–Crippen MR) is 71.2 cm³/mol. The summed E-state index contributed by atoms with van der Waals surface area (Å²) < 4.78 is 0. The highest BCUT2D eigenvalue weighted by Crippen LogP contribution is 2.20. The number of rotatable bonds is 4. The minimum absolute atomic E-state index is 0.727. The molecule has 0 saturated heterocycles. The number of allylic oxidation sites excluding steroid dienone is 1. The van der Waals surface area contributed by atoms with Crippen LogP contribution in [-0.4, -0.2) is 12.8 Å². The summed E-state index contributed by atoms with van der Waals surface area (Å²) in [4.78, 5) is 4.15. The molecule has 0 radical (unpaired) electrons. The molecule has 2 nitrogen and oxygen atoms in total. The molecule has 0 aliphatic heterocycles. The number of hydrogen-bond acceptors (Lipinski definition) is 2. The summed E-state index contributed by atoms with van der Waals surface area (Å²) in [7, 11) is 1.73. The summed E-state index contributed by atoms with van der Waals surface area (Å²) in [6, 6.07) is 6.08. The Kier molecular flexibility index (Phi) is 5.06. The van der Waals surface area contributed by atoms with E-state index in [1.165, 1.54) is 11.8 Å². The van der Waals surface area contributed by atoms with E-state index in [2.05, 4.69) is 18.0 Å². The van der Waals surface area contributed by atoms with Gasteiger partial charge < -0.3 is 5.73 Å². The summed E-state index contributed by atoms with van der Waals surface area (Å²) in [5.41, 5.74) is 8.34. The molecule has 0 aliphatic carbocycles. The SMILES string of the molecule is CCCc1ccc(C(C=CN)=NC)c(Cl)c1. The molecule has 2 N–H and O–H groups in total. The van der Waals surface area contributed by atoms with Crippen LogP contribution in [0.5, 0.6) is 0 Å². The Hall–Kier alpha value is -1.28. The first-order valence-corrected chi connectivity index (χ1v) is 5.74. The van der Waals surface area contributed by atoms with E-state index < -0.39 is 0 Å². The lowest BCUT2D eigenvalue weighted by atomic mass is 10.0. The number of aryl methyl sites for hydroxylation is 1. The van der Waals surface area contributed by atoms with E-state index in [4.69, 9.17) is 17.3 Å². The topological polar surface area (TPSA) is 38.4 Å². The maximum Gasteiger partial charge on any atom is 0.0672 e. The normalized spacial score (nSPS) is 12.3. The van der Waals surface area contributed by atoms with Gasteiger partial charge in [0.25, 0.3) is 0 Å². The third-order valence-corrected chi connectivity index (χ3v) is 2.66. The van der Waals surface area contributed by atoms with E-state index in [0.29, 0.717) is 0 Å². The van der Waals surface area contributed by atoms with Crippen LogP contribution in [0.4, 0.5) is 0 Å². The van der Waals surface area contributed by atoms with E-state index in [-0.39, 0.29) is 0 Å². The van der Waals surface area contributed by atoms with Crippen LogP contribution in [-0.2, 0) is 6.42 Å². The van der Waals surface area contributed by atoms with E-state index in [1.807, 2.05) is 12.1 Å². The Balaban J connectivity index is 3.07. The van der Waals surface area contributed by atoms with Crippen LogP contribution in [0, 0.1) is 0 Å². The van der Waals surface area contributed by atoms with E-state index >= 15 is 0 Å². The highest BCUT2D eigenvalue weighted by molar-refractivity contribution is 6.35. The van der Waals surface area contributed by atoms with Gasteiger partial charge in [0.05, 0.1) is 10.7 Å². The average molecular weight is 237 g/mol. The van der Waals surface area contributed by atoms with Crippen LogP contribution in [0.1, 0.15) is 24.5 Å². The van der Waals surface area contributed by atoms with Gasteiger partial charge in [-0.25, -0.2) is 0 Å². The zero-order valence-electron chi connectivity index (χ0n) is 9.70. The third-order valence-electron chi connectivity index (χ3n) is 2.34. The van der Waals surface area contributed by atoms with Gasteiger partial charge in [0, 0.05) is 12.6 Å². The van der Waals surface area contributed by atoms with Gasteiger partial charge in [-0.1, -0.05) is 37.1 Å². The molecule has 1 rings (SSSR count). The first kappa shape index (κ1) is 12.8. The lowest BCUT2D eigenvalue weighted by Gasteiger charge is -2.06. The number of nitrogens with zero attached hydrogens (tertiary/aromatic N) is 1. The van der Waals surface area contributed by atoms with Crippen molar-refractivity contribution >= 4 is 17.3 Å². The zero-order valence-corrected chi connectivity index (χ0v) is 10.5. The van der Waals surface area contributed by atoms with Crippen molar-refractivity contribution in [1.29, 1.82) is 0 Å². The fourth-order valence-corrected chi connectivity index (χ4v) is 1.89. The fourth-order valence-electron chi connectivity index (χ4n) is 1.59. The second-order valence-corrected chi connectivity index (χ2v) is 3.94. The van der Waals surface area contributed by atoms with Crippen LogP contribution >= 0.6 is 11.6 Å². The Morgan fingerprint density at radius 2 is 2.25 bits per heavy atom. The van der Waals surface area contributed by atoms with Crippen LogP contribution in [0.15, 0.2) is 35.5 Å². The number of nitrogens with two attached hydrogens (primary N) is 1. The molecule has 0 unspecified atom stereocenters. The molecule has 86 valence electrons. The lowest BCUT2D eigenvalue weighted by Crippen LogP contribution is -2.00. The highest BCUT2D eigenvalue weighted by atomic mass is 35.5. The first-order chi connectivity index (χ1) is 7.72. The van der Waals surface area contributed by atoms with Crippen molar-refractivity contribution in [3.63, 3.8) is 0 Å². The zero-order chi connectivity index (χ0) is 12.0. The maximum absolute atomic E-state index is 6.22. The smallest absolute Gasteiger partial charge is 0.0672 e. The van der Waals surface area contributed by atoms with E-state index in [1.54, 1.807) is 13.1 Å². The number of aliphatic imine (C=N–C) groups is 1. The van der Waals surface area contributed by atoms with Crippen molar-refractivity contribution in [2.75, 3.05) is 7.05 Å². The Bertz CT molecular complexity index is 408. The number of halogens is 1. The van der Waals surface area contributed by atoms with Crippen molar-refractivity contribution in [1.82, 2.24) is 0 Å². The minimum atomic E-state index is 0.727. The molecule has 0 amide bonds. The van der Waals surface area contributed by atoms with Gasteiger partial charge in [-0.05, 0) is 30.3 Å². The largest absolute Gasteiger partial charge is 0.405 e. The van der Waals surface area contributed by atoms with Gasteiger partial charge in [-0.2, -0.15) is 0 Å². The molecular formula is C13H17ClN2. The van der Waals surface area contributed by atoms with E-state index in [9.17, 15) is 0 Å². The van der Waals surface area contributed by atoms with Gasteiger partial charge in [0.1, 0.15) is 0 Å². The summed E-state index contributed by atoms with van der Waals surface area (Å²) in [5.74, 6) is 0. The van der Waals surface area contributed by atoms with Gasteiger partial charge in [0.15, 0.2) is 0 Å². The van der Waals surface area contributed by atoms with Crippen LogP contribution in [0.25, 0.3) is 0 Å². The third kappa shape index (κ3) is 3.11. The highest BCUT2D eigenvalue weighted by Gasteiger charge is 2.05. The van der Waals surface area contributed by atoms with Crippen LogP contribution in [0.2, 0.25) is 5.02 Å². The lowest BCUT2D eigenvalue weighted by molar-refractivity contribution is 0.922. The molecule has 0 bridgehead atoms. The van der Waals surface area contributed by atoms with Crippen molar-refractivity contribution in [3.8, 4) is 0 Å². The van der Waals surface area contributed by atoms with Gasteiger partial charge in [0.2, 0.25) is 0 Å². The Morgan fingerprint density at radius 3 is 2.75 bits per heavy atom. The molecule has 1 aromatic rings. The predicted octanol–water partition coefficient (Wildman–Crippen LogP) is 3.18. The summed E-state index contributed by atoms with van der Waals surface area (Å²) >= 11 is 6.22. The van der Waals surface area contributed by atoms with E-state index in [0.717, 1.165) is 29.1 Å². The number of benzene rings is 1. The summed E-state index contributed by atoms with van der Waals surface area (Å²) in [5, 5.41) is 0.727. The molecule has 0 aromatic heterocycles. The molecule has 16 heavy (non-hydrogen) atoms. The molecule has 0 aliphatic rings. The summed E-state index contributed by atoms with van der Waals surface area (Å²) in [6.07, 6.45) is 5.39. The molecule has 0 fully saturated rings. The number of hydrogen-bond donors (Lipinski definition) is 1. The van der Waals surface area contributed by atoms with Gasteiger partial charge in [-0.3, -0.25) is 4.99 Å². The first-order valence-electron chi connectivity index (χ1n) is 5.36. The standard InChI is InChI=1S/C13H17ClN2/c1-3-4-10-5-6-11(12(14)9-10)13(16-2)7-8-15/h5-9H,3-4,15H2,1-2H3.